The molecule has 4 heteroatoms. The lowest BCUT2D eigenvalue weighted by Gasteiger charge is -2.26. The van der Waals surface area contributed by atoms with E-state index in [1.807, 2.05) is 0 Å². The van der Waals surface area contributed by atoms with Crippen molar-refractivity contribution in [3.05, 3.63) is 16.7 Å². The predicted molar refractivity (Wildman–Crippen MR) is 67.4 cm³/mol. The van der Waals surface area contributed by atoms with E-state index in [-0.39, 0.29) is 6.10 Å². The fourth-order valence-electron chi connectivity index (χ4n) is 3.19. The third-order valence-electron chi connectivity index (χ3n) is 4.13. The molecule has 0 spiro atoms. The largest absolute Gasteiger partial charge is 0.391 e. The Morgan fingerprint density at radius 1 is 1.18 bits per heavy atom. The molecule has 94 valence electrons. The fraction of sp³-hybridized carbons (Fsp3) is 0.769. The third kappa shape index (κ3) is 2.11. The van der Waals surface area contributed by atoms with Crippen LogP contribution in [0.4, 0.5) is 0 Å². The highest BCUT2D eigenvalue weighted by Gasteiger charge is 2.28. The van der Waals surface area contributed by atoms with Crippen molar-refractivity contribution in [3.8, 4) is 0 Å². The van der Waals surface area contributed by atoms with Gasteiger partial charge in [-0.05, 0) is 25.7 Å². The number of hydrogen-bond donors (Lipinski definition) is 1. The second-order valence-electron chi connectivity index (χ2n) is 5.35. The first-order valence-electron chi connectivity index (χ1n) is 6.68. The Morgan fingerprint density at radius 3 is 2.71 bits per heavy atom. The molecule has 1 N–H and O–H groups in total. The summed E-state index contributed by atoms with van der Waals surface area (Å²) in [6, 6.07) is 0. The first-order chi connectivity index (χ1) is 8.25. The monoisotopic (exact) mass is 254 g/mol. The number of aromatic nitrogens is 2. The van der Waals surface area contributed by atoms with Crippen LogP contribution < -0.4 is 0 Å². The van der Waals surface area contributed by atoms with Gasteiger partial charge in [0, 0.05) is 5.92 Å². The van der Waals surface area contributed by atoms with Crippen molar-refractivity contribution >= 4 is 11.6 Å². The maximum atomic E-state index is 9.80. The van der Waals surface area contributed by atoms with Crippen molar-refractivity contribution in [2.45, 2.75) is 63.5 Å². The van der Waals surface area contributed by atoms with Gasteiger partial charge in [-0.3, -0.25) is 0 Å². The maximum absolute atomic E-state index is 9.80. The molecule has 1 aromatic rings. The van der Waals surface area contributed by atoms with Gasteiger partial charge in [0.1, 0.15) is 5.82 Å². The molecule has 0 amide bonds. The summed E-state index contributed by atoms with van der Waals surface area (Å²) >= 11 is 6.22. The molecule has 3 nitrogen and oxygen atoms in total. The third-order valence-corrected chi connectivity index (χ3v) is 4.43. The molecule has 1 aromatic heterocycles. The van der Waals surface area contributed by atoms with E-state index in [0.29, 0.717) is 17.6 Å². The predicted octanol–water partition coefficient (Wildman–Crippen LogP) is 2.89. The van der Waals surface area contributed by atoms with Gasteiger partial charge in [0.05, 0.1) is 18.3 Å². The number of halogens is 1. The van der Waals surface area contributed by atoms with Gasteiger partial charge in [-0.1, -0.05) is 30.9 Å². The van der Waals surface area contributed by atoms with Crippen LogP contribution in [0.15, 0.2) is 0 Å². The van der Waals surface area contributed by atoms with E-state index in [9.17, 15) is 5.11 Å². The van der Waals surface area contributed by atoms with Crippen molar-refractivity contribution in [2.24, 2.45) is 0 Å². The van der Waals surface area contributed by atoms with Crippen molar-refractivity contribution in [2.75, 3.05) is 0 Å². The Balaban J connectivity index is 1.93. The van der Waals surface area contributed by atoms with Gasteiger partial charge < -0.3 is 9.67 Å². The molecule has 1 aliphatic heterocycles. The Morgan fingerprint density at radius 2 is 1.94 bits per heavy atom. The summed E-state index contributed by atoms with van der Waals surface area (Å²) in [6.07, 6.45) is 7.84. The van der Waals surface area contributed by atoms with Crippen LogP contribution in [0.2, 0.25) is 5.15 Å². The first-order valence-corrected chi connectivity index (χ1v) is 7.06. The zero-order valence-corrected chi connectivity index (χ0v) is 10.8. The summed E-state index contributed by atoms with van der Waals surface area (Å²) in [4.78, 5) is 4.57. The van der Waals surface area contributed by atoms with Crippen molar-refractivity contribution in [3.63, 3.8) is 0 Å². The molecule has 0 aromatic carbocycles. The quantitative estimate of drug-likeness (QED) is 0.837. The number of rotatable bonds is 1. The molecule has 0 radical (unpaired) electrons. The average molecular weight is 255 g/mol. The summed E-state index contributed by atoms with van der Waals surface area (Å²) in [5.41, 5.74) is 1.14. The Labute approximate surface area is 107 Å². The van der Waals surface area contributed by atoms with E-state index in [0.717, 1.165) is 24.4 Å². The van der Waals surface area contributed by atoms with Gasteiger partial charge in [0.25, 0.3) is 0 Å². The molecule has 1 saturated carbocycles. The van der Waals surface area contributed by atoms with Crippen LogP contribution in [-0.2, 0) is 13.0 Å². The molecular formula is C13H19ClN2O. The SMILES string of the molecule is OC1CCc2c(Cl)nc(C3CCCCC3)n2C1. The van der Waals surface area contributed by atoms with Gasteiger partial charge in [0.2, 0.25) is 0 Å². The zero-order chi connectivity index (χ0) is 11.8. The molecule has 3 rings (SSSR count). The number of hydrogen-bond acceptors (Lipinski definition) is 2. The molecule has 2 heterocycles. The van der Waals surface area contributed by atoms with Gasteiger partial charge in [-0.25, -0.2) is 4.98 Å². The van der Waals surface area contributed by atoms with Crippen molar-refractivity contribution in [1.82, 2.24) is 9.55 Å². The van der Waals surface area contributed by atoms with Crippen LogP contribution in [0, 0.1) is 0 Å². The van der Waals surface area contributed by atoms with E-state index in [4.69, 9.17) is 11.6 Å². The lowest BCUT2D eigenvalue weighted by molar-refractivity contribution is 0.129. The topological polar surface area (TPSA) is 38.1 Å². The molecule has 1 unspecified atom stereocenters. The highest BCUT2D eigenvalue weighted by molar-refractivity contribution is 6.30. The smallest absolute Gasteiger partial charge is 0.150 e. The van der Waals surface area contributed by atoms with Crippen molar-refractivity contribution in [1.29, 1.82) is 0 Å². The molecule has 1 aliphatic carbocycles. The lowest BCUT2D eigenvalue weighted by atomic mass is 9.88. The molecule has 17 heavy (non-hydrogen) atoms. The van der Waals surface area contributed by atoms with Gasteiger partial charge >= 0.3 is 0 Å². The molecule has 2 aliphatic rings. The Bertz CT molecular complexity index is 410. The van der Waals surface area contributed by atoms with Crippen LogP contribution in [-0.4, -0.2) is 20.8 Å². The number of nitrogens with zero attached hydrogens (tertiary/aromatic N) is 2. The van der Waals surface area contributed by atoms with Crippen LogP contribution in [0.1, 0.15) is 56.0 Å². The normalized spacial score (nSPS) is 25.9. The van der Waals surface area contributed by atoms with Gasteiger partial charge in [0.15, 0.2) is 5.15 Å². The molecule has 1 fully saturated rings. The van der Waals surface area contributed by atoms with Crippen molar-refractivity contribution < 1.29 is 5.11 Å². The fourth-order valence-corrected chi connectivity index (χ4v) is 3.48. The number of aliphatic hydroxyl groups excluding tert-OH is 1. The van der Waals surface area contributed by atoms with Crippen LogP contribution >= 0.6 is 11.6 Å². The van der Waals surface area contributed by atoms with Crippen LogP contribution in [0.25, 0.3) is 0 Å². The number of imidazole rings is 1. The summed E-state index contributed by atoms with van der Waals surface area (Å²) in [5, 5.41) is 10.5. The molecule has 0 bridgehead atoms. The average Bonchev–Trinajstić information content (AvgIpc) is 2.67. The number of fused-ring (bicyclic) bond motifs is 1. The van der Waals surface area contributed by atoms with Crippen LogP contribution in [0.5, 0.6) is 0 Å². The van der Waals surface area contributed by atoms with Gasteiger partial charge in [-0.15, -0.1) is 0 Å². The van der Waals surface area contributed by atoms with E-state index in [1.165, 1.54) is 32.1 Å². The zero-order valence-electron chi connectivity index (χ0n) is 10.0. The van der Waals surface area contributed by atoms with E-state index in [1.54, 1.807) is 0 Å². The van der Waals surface area contributed by atoms with Gasteiger partial charge in [-0.2, -0.15) is 0 Å². The first kappa shape index (κ1) is 11.5. The molecule has 0 saturated heterocycles. The lowest BCUT2D eigenvalue weighted by Crippen LogP contribution is -2.26. The summed E-state index contributed by atoms with van der Waals surface area (Å²) < 4.78 is 2.19. The van der Waals surface area contributed by atoms with E-state index < -0.39 is 0 Å². The Kier molecular flexibility index (Phi) is 3.14. The van der Waals surface area contributed by atoms with E-state index in [2.05, 4.69) is 9.55 Å². The maximum Gasteiger partial charge on any atom is 0.150 e. The minimum atomic E-state index is -0.227. The second kappa shape index (κ2) is 4.62. The van der Waals surface area contributed by atoms with E-state index >= 15 is 0 Å². The Hall–Kier alpha value is -0.540. The highest BCUT2D eigenvalue weighted by Crippen LogP contribution is 2.35. The summed E-state index contributed by atoms with van der Waals surface area (Å²) in [5.74, 6) is 1.68. The summed E-state index contributed by atoms with van der Waals surface area (Å²) in [6.45, 7) is 0.681. The molecular weight excluding hydrogens is 236 g/mol. The minimum absolute atomic E-state index is 0.227. The molecule has 1 atom stereocenters. The second-order valence-corrected chi connectivity index (χ2v) is 5.70. The van der Waals surface area contributed by atoms with Crippen LogP contribution in [0.3, 0.4) is 0 Å². The standard InChI is InChI=1S/C13H19ClN2O/c14-12-11-7-6-10(17)8-16(11)13(15-12)9-4-2-1-3-5-9/h9-10,17H,1-8H2. The number of aliphatic hydroxyl groups is 1. The minimum Gasteiger partial charge on any atom is -0.391 e. The highest BCUT2D eigenvalue weighted by atomic mass is 35.5. The summed E-state index contributed by atoms with van der Waals surface area (Å²) in [7, 11) is 0.